The lowest BCUT2D eigenvalue weighted by molar-refractivity contribution is 0.314. The summed E-state index contributed by atoms with van der Waals surface area (Å²) in [6.45, 7) is 4.45. The van der Waals surface area contributed by atoms with Gasteiger partial charge in [0.05, 0.1) is 13.2 Å². The minimum atomic E-state index is 0.165. The Morgan fingerprint density at radius 2 is 2.00 bits per heavy atom. The molecule has 0 saturated carbocycles. The van der Waals surface area contributed by atoms with Crippen LogP contribution in [0.15, 0.2) is 24.3 Å². The van der Waals surface area contributed by atoms with E-state index in [1.54, 1.807) is 7.11 Å². The summed E-state index contributed by atoms with van der Waals surface area (Å²) in [7, 11) is 1.71. The fourth-order valence-corrected chi connectivity index (χ4v) is 2.48. The van der Waals surface area contributed by atoms with Crippen LogP contribution < -0.4 is 16.0 Å². The van der Waals surface area contributed by atoms with Gasteiger partial charge in [0.1, 0.15) is 5.75 Å². The fourth-order valence-electron chi connectivity index (χ4n) is 2.48. The molecule has 3 nitrogen and oxygen atoms in total. The topological polar surface area (TPSA) is 47.3 Å². The zero-order valence-electron chi connectivity index (χ0n) is 11.8. The van der Waals surface area contributed by atoms with Crippen LogP contribution in [0.1, 0.15) is 51.1 Å². The first kappa shape index (κ1) is 15.0. The van der Waals surface area contributed by atoms with E-state index in [1.807, 2.05) is 18.2 Å². The maximum atomic E-state index is 5.77. The molecule has 1 rings (SSSR count). The third kappa shape index (κ3) is 3.72. The van der Waals surface area contributed by atoms with Gasteiger partial charge in [-0.25, -0.2) is 0 Å². The SMILES string of the molecule is CCCCC(CC)C(NN)c1ccccc1OC. The van der Waals surface area contributed by atoms with Crippen molar-refractivity contribution in [3.63, 3.8) is 0 Å². The quantitative estimate of drug-likeness (QED) is 0.549. The molecule has 0 aliphatic heterocycles. The predicted molar refractivity (Wildman–Crippen MR) is 76.4 cm³/mol. The molecule has 2 atom stereocenters. The molecule has 0 bridgehead atoms. The van der Waals surface area contributed by atoms with Crippen LogP contribution in [0.5, 0.6) is 5.75 Å². The summed E-state index contributed by atoms with van der Waals surface area (Å²) in [5, 5.41) is 0. The molecule has 102 valence electrons. The Labute approximate surface area is 111 Å². The molecule has 0 radical (unpaired) electrons. The van der Waals surface area contributed by atoms with E-state index in [1.165, 1.54) is 19.3 Å². The van der Waals surface area contributed by atoms with Crippen LogP contribution in [0.2, 0.25) is 0 Å². The van der Waals surface area contributed by atoms with Crippen molar-refractivity contribution in [1.82, 2.24) is 5.43 Å². The second-order valence-corrected chi connectivity index (χ2v) is 4.70. The molecule has 0 aliphatic rings. The number of hydrogen-bond acceptors (Lipinski definition) is 3. The molecule has 2 unspecified atom stereocenters. The second kappa shape index (κ2) is 8.11. The van der Waals surface area contributed by atoms with Gasteiger partial charge >= 0.3 is 0 Å². The van der Waals surface area contributed by atoms with E-state index in [0.717, 1.165) is 17.7 Å². The van der Waals surface area contributed by atoms with Crippen LogP contribution in [-0.2, 0) is 0 Å². The molecule has 0 spiro atoms. The first-order chi connectivity index (χ1) is 8.78. The van der Waals surface area contributed by atoms with Gasteiger partial charge in [-0.1, -0.05) is 51.3 Å². The van der Waals surface area contributed by atoms with E-state index >= 15 is 0 Å². The average molecular weight is 250 g/mol. The summed E-state index contributed by atoms with van der Waals surface area (Å²) >= 11 is 0. The van der Waals surface area contributed by atoms with Gasteiger partial charge in [0.25, 0.3) is 0 Å². The van der Waals surface area contributed by atoms with Crippen molar-refractivity contribution in [2.45, 2.75) is 45.6 Å². The van der Waals surface area contributed by atoms with Crippen LogP contribution in [0.25, 0.3) is 0 Å². The molecule has 0 heterocycles. The van der Waals surface area contributed by atoms with Crippen molar-refractivity contribution in [3.05, 3.63) is 29.8 Å². The number of hydrogen-bond donors (Lipinski definition) is 2. The number of ether oxygens (including phenoxy) is 1. The number of rotatable bonds is 8. The molecule has 0 aliphatic carbocycles. The van der Waals surface area contributed by atoms with Gasteiger partial charge in [-0.2, -0.15) is 0 Å². The Morgan fingerprint density at radius 1 is 1.28 bits per heavy atom. The molecular weight excluding hydrogens is 224 g/mol. The minimum Gasteiger partial charge on any atom is -0.496 e. The molecule has 3 heteroatoms. The van der Waals surface area contributed by atoms with Gasteiger partial charge in [-0.15, -0.1) is 0 Å². The number of para-hydroxylation sites is 1. The highest BCUT2D eigenvalue weighted by atomic mass is 16.5. The Balaban J connectivity index is 2.92. The lowest BCUT2D eigenvalue weighted by Crippen LogP contribution is -2.33. The smallest absolute Gasteiger partial charge is 0.123 e. The zero-order chi connectivity index (χ0) is 13.4. The number of benzene rings is 1. The summed E-state index contributed by atoms with van der Waals surface area (Å²) < 4.78 is 5.43. The molecule has 18 heavy (non-hydrogen) atoms. The molecule has 1 aromatic rings. The van der Waals surface area contributed by atoms with E-state index in [0.29, 0.717) is 5.92 Å². The minimum absolute atomic E-state index is 0.165. The highest BCUT2D eigenvalue weighted by Gasteiger charge is 2.22. The van der Waals surface area contributed by atoms with Crippen molar-refractivity contribution in [1.29, 1.82) is 0 Å². The lowest BCUT2D eigenvalue weighted by Gasteiger charge is -2.27. The van der Waals surface area contributed by atoms with E-state index < -0.39 is 0 Å². The zero-order valence-corrected chi connectivity index (χ0v) is 11.8. The van der Waals surface area contributed by atoms with Crippen molar-refractivity contribution >= 4 is 0 Å². The number of nitrogens with one attached hydrogen (secondary N) is 1. The van der Waals surface area contributed by atoms with Crippen molar-refractivity contribution in [2.24, 2.45) is 11.8 Å². The average Bonchev–Trinajstić information content (AvgIpc) is 2.43. The van der Waals surface area contributed by atoms with Gasteiger partial charge in [0, 0.05) is 5.56 Å². The van der Waals surface area contributed by atoms with Crippen LogP contribution in [0, 0.1) is 5.92 Å². The predicted octanol–water partition coefficient (Wildman–Crippen LogP) is 3.42. The third-order valence-electron chi connectivity index (χ3n) is 3.58. The van der Waals surface area contributed by atoms with E-state index in [9.17, 15) is 0 Å². The van der Waals surface area contributed by atoms with Crippen LogP contribution in [0.3, 0.4) is 0 Å². The first-order valence-electron chi connectivity index (χ1n) is 6.87. The Kier molecular flexibility index (Phi) is 6.76. The molecule has 0 aromatic heterocycles. The van der Waals surface area contributed by atoms with Crippen molar-refractivity contribution in [3.8, 4) is 5.75 Å². The molecule has 0 amide bonds. The van der Waals surface area contributed by atoms with Gasteiger partial charge < -0.3 is 4.74 Å². The van der Waals surface area contributed by atoms with Crippen molar-refractivity contribution in [2.75, 3.05) is 7.11 Å². The number of methoxy groups -OCH3 is 1. The number of unbranched alkanes of at least 4 members (excludes halogenated alkanes) is 1. The van der Waals surface area contributed by atoms with Crippen LogP contribution >= 0.6 is 0 Å². The van der Waals surface area contributed by atoms with E-state index in [-0.39, 0.29) is 6.04 Å². The van der Waals surface area contributed by atoms with Crippen LogP contribution in [0.4, 0.5) is 0 Å². The summed E-state index contributed by atoms with van der Waals surface area (Å²) in [4.78, 5) is 0. The second-order valence-electron chi connectivity index (χ2n) is 4.70. The largest absolute Gasteiger partial charge is 0.496 e. The number of nitrogens with two attached hydrogens (primary N) is 1. The van der Waals surface area contributed by atoms with Gasteiger partial charge in [-0.3, -0.25) is 11.3 Å². The molecule has 1 aromatic carbocycles. The lowest BCUT2D eigenvalue weighted by atomic mass is 9.87. The van der Waals surface area contributed by atoms with Gasteiger partial charge in [0.15, 0.2) is 0 Å². The standard InChI is InChI=1S/C15H26N2O/c1-4-6-9-12(5-2)15(17-16)13-10-7-8-11-14(13)18-3/h7-8,10-12,15,17H,4-6,9,16H2,1-3H3. The Bertz CT molecular complexity index is 341. The maximum Gasteiger partial charge on any atom is 0.123 e. The highest BCUT2D eigenvalue weighted by molar-refractivity contribution is 5.36. The molecule has 0 saturated heterocycles. The third-order valence-corrected chi connectivity index (χ3v) is 3.58. The summed E-state index contributed by atoms with van der Waals surface area (Å²) in [6.07, 6.45) is 4.78. The highest BCUT2D eigenvalue weighted by Crippen LogP contribution is 2.33. The Hall–Kier alpha value is -1.06. The van der Waals surface area contributed by atoms with Gasteiger partial charge in [-0.05, 0) is 18.4 Å². The monoisotopic (exact) mass is 250 g/mol. The van der Waals surface area contributed by atoms with E-state index in [2.05, 4.69) is 25.3 Å². The summed E-state index contributed by atoms with van der Waals surface area (Å²) in [5.74, 6) is 7.23. The molecular formula is C15H26N2O. The van der Waals surface area contributed by atoms with Crippen LogP contribution in [-0.4, -0.2) is 7.11 Å². The summed E-state index contributed by atoms with van der Waals surface area (Å²) in [5.41, 5.74) is 4.13. The van der Waals surface area contributed by atoms with E-state index in [4.69, 9.17) is 10.6 Å². The fraction of sp³-hybridized carbons (Fsp3) is 0.600. The molecule has 0 fully saturated rings. The molecule has 3 N–H and O–H groups in total. The van der Waals surface area contributed by atoms with Gasteiger partial charge in [0.2, 0.25) is 0 Å². The summed E-state index contributed by atoms with van der Waals surface area (Å²) in [6, 6.07) is 8.28. The number of hydrazine groups is 1. The van der Waals surface area contributed by atoms with Crippen molar-refractivity contribution < 1.29 is 4.74 Å². The first-order valence-corrected chi connectivity index (χ1v) is 6.87. The Morgan fingerprint density at radius 3 is 2.56 bits per heavy atom. The maximum absolute atomic E-state index is 5.77. The normalized spacial score (nSPS) is 14.2.